The quantitative estimate of drug-likeness (QED) is 0.755. The van der Waals surface area contributed by atoms with Crippen molar-refractivity contribution in [3.05, 3.63) is 0 Å². The van der Waals surface area contributed by atoms with Crippen molar-refractivity contribution in [3.8, 4) is 0 Å². The van der Waals surface area contributed by atoms with Gasteiger partial charge in [0.15, 0.2) is 0 Å². The van der Waals surface area contributed by atoms with Gasteiger partial charge in [-0.25, -0.2) is 8.78 Å². The Kier molecular flexibility index (Phi) is 4.66. The third-order valence-corrected chi connectivity index (χ3v) is 3.31. The Morgan fingerprint density at radius 1 is 1.50 bits per heavy atom. The first kappa shape index (κ1) is 15.3. The highest BCUT2D eigenvalue weighted by atomic mass is 19.3. The lowest BCUT2D eigenvalue weighted by Crippen LogP contribution is -2.50. The Hall–Kier alpha value is -0.750. The molecular formula is C12H21F2NO3. The minimum atomic E-state index is -2.58. The van der Waals surface area contributed by atoms with Gasteiger partial charge < -0.3 is 15.6 Å². The lowest BCUT2D eigenvalue weighted by Gasteiger charge is -2.29. The predicted molar refractivity (Wildman–Crippen MR) is 62.1 cm³/mol. The summed E-state index contributed by atoms with van der Waals surface area (Å²) in [6.07, 6.45) is 0.371. The topological polar surface area (TPSA) is 72.5 Å². The molecule has 0 saturated heterocycles. The van der Waals surface area contributed by atoms with E-state index >= 15 is 0 Å². The molecule has 1 atom stereocenters. The molecule has 0 bridgehead atoms. The van der Waals surface area contributed by atoms with E-state index in [2.05, 4.69) is 0 Å². The number of carbonyl (C=O) groups is 1. The van der Waals surface area contributed by atoms with Crippen LogP contribution in [-0.2, 0) is 9.53 Å². The fraction of sp³-hybridized carbons (Fsp3) is 0.917. The van der Waals surface area contributed by atoms with E-state index in [1.807, 2.05) is 0 Å². The first-order valence-corrected chi connectivity index (χ1v) is 6.14. The van der Waals surface area contributed by atoms with Crippen LogP contribution in [0.3, 0.4) is 0 Å². The van der Waals surface area contributed by atoms with Crippen LogP contribution in [0.15, 0.2) is 0 Å². The molecular weight excluding hydrogens is 244 g/mol. The molecule has 1 aliphatic rings. The van der Waals surface area contributed by atoms with Crippen molar-refractivity contribution in [2.75, 3.05) is 6.61 Å². The van der Waals surface area contributed by atoms with Gasteiger partial charge >= 0.3 is 5.97 Å². The maximum atomic E-state index is 12.9. The molecule has 1 rings (SSSR count). The maximum Gasteiger partial charge on any atom is 0.325 e. The maximum absolute atomic E-state index is 12.9. The molecule has 4 nitrogen and oxygen atoms in total. The number of alkyl halides is 2. The van der Waals surface area contributed by atoms with Gasteiger partial charge in [-0.3, -0.25) is 4.79 Å². The fourth-order valence-corrected chi connectivity index (χ4v) is 1.84. The van der Waals surface area contributed by atoms with Crippen LogP contribution in [0.2, 0.25) is 0 Å². The van der Waals surface area contributed by atoms with E-state index in [0.717, 1.165) is 0 Å². The van der Waals surface area contributed by atoms with Crippen molar-refractivity contribution in [2.45, 2.75) is 57.1 Å². The molecule has 0 aromatic carbocycles. The zero-order valence-corrected chi connectivity index (χ0v) is 10.8. The van der Waals surface area contributed by atoms with Crippen LogP contribution in [0.4, 0.5) is 8.78 Å². The second-order valence-electron chi connectivity index (χ2n) is 5.56. The summed E-state index contributed by atoms with van der Waals surface area (Å²) in [6.45, 7) is 2.93. The number of ether oxygens (including phenoxy) is 1. The average Bonchev–Trinajstić information content (AvgIpc) is 2.25. The van der Waals surface area contributed by atoms with E-state index in [1.54, 1.807) is 0 Å². The van der Waals surface area contributed by atoms with Crippen molar-refractivity contribution in [1.29, 1.82) is 0 Å². The number of hydrogen-bond donors (Lipinski definition) is 2. The molecule has 1 saturated carbocycles. The number of rotatable bonds is 4. The Balaban J connectivity index is 2.32. The second-order valence-corrected chi connectivity index (χ2v) is 5.56. The van der Waals surface area contributed by atoms with E-state index in [1.165, 1.54) is 13.8 Å². The monoisotopic (exact) mass is 265 g/mol. The van der Waals surface area contributed by atoms with Gasteiger partial charge in [-0.05, 0) is 32.6 Å². The van der Waals surface area contributed by atoms with Crippen molar-refractivity contribution in [2.24, 2.45) is 11.7 Å². The van der Waals surface area contributed by atoms with Crippen LogP contribution < -0.4 is 5.73 Å². The molecule has 0 aromatic rings. The molecule has 0 radical (unpaired) electrons. The minimum Gasteiger partial charge on any atom is -0.464 e. The van der Waals surface area contributed by atoms with Crippen molar-refractivity contribution < 1.29 is 23.4 Å². The summed E-state index contributed by atoms with van der Waals surface area (Å²) >= 11 is 0. The molecule has 0 aromatic heterocycles. The summed E-state index contributed by atoms with van der Waals surface area (Å²) in [5.74, 6) is -3.31. The van der Waals surface area contributed by atoms with Gasteiger partial charge in [-0.2, -0.15) is 0 Å². The van der Waals surface area contributed by atoms with Crippen LogP contribution in [0.25, 0.3) is 0 Å². The van der Waals surface area contributed by atoms with Gasteiger partial charge in [0.05, 0.1) is 12.2 Å². The lowest BCUT2D eigenvalue weighted by molar-refractivity contribution is -0.153. The van der Waals surface area contributed by atoms with E-state index in [0.29, 0.717) is 12.8 Å². The van der Waals surface area contributed by atoms with Gasteiger partial charge in [0.1, 0.15) is 6.04 Å². The number of aliphatic hydroxyl groups is 1. The second kappa shape index (κ2) is 5.48. The van der Waals surface area contributed by atoms with E-state index in [4.69, 9.17) is 10.5 Å². The Bertz CT molecular complexity index is 292. The number of halogens is 2. The molecule has 6 heteroatoms. The van der Waals surface area contributed by atoms with Gasteiger partial charge in [-0.15, -0.1) is 0 Å². The molecule has 0 spiro atoms. The Morgan fingerprint density at radius 3 is 2.44 bits per heavy atom. The predicted octanol–water partition coefficient (Wildman–Crippen LogP) is 1.45. The summed E-state index contributed by atoms with van der Waals surface area (Å²) in [4.78, 5) is 11.5. The summed E-state index contributed by atoms with van der Waals surface area (Å²) in [7, 11) is 0. The minimum absolute atomic E-state index is 0.0393. The zero-order valence-electron chi connectivity index (χ0n) is 10.8. The van der Waals surface area contributed by atoms with E-state index in [-0.39, 0.29) is 25.4 Å². The molecule has 106 valence electrons. The smallest absolute Gasteiger partial charge is 0.325 e. The standard InChI is InChI=1S/C12H21F2NO3/c1-11(2,17)9(15)10(16)18-7-8-3-5-12(13,14)6-4-8/h8-9,17H,3-7,15H2,1-2H3/t9-/m1/s1. The number of nitrogens with two attached hydrogens (primary N) is 1. The molecule has 0 aliphatic heterocycles. The van der Waals surface area contributed by atoms with Gasteiger partial charge in [-0.1, -0.05) is 0 Å². The number of hydrogen-bond acceptors (Lipinski definition) is 4. The van der Waals surface area contributed by atoms with E-state index in [9.17, 15) is 18.7 Å². The Morgan fingerprint density at radius 2 is 2.00 bits per heavy atom. The molecule has 3 N–H and O–H groups in total. The van der Waals surface area contributed by atoms with Crippen LogP contribution in [0.5, 0.6) is 0 Å². The Labute approximate surface area is 105 Å². The third kappa shape index (κ3) is 4.49. The third-order valence-electron chi connectivity index (χ3n) is 3.31. The molecule has 0 unspecified atom stereocenters. The van der Waals surface area contributed by atoms with E-state index < -0.39 is 23.5 Å². The summed E-state index contributed by atoms with van der Waals surface area (Å²) in [5.41, 5.74) is 4.16. The van der Waals surface area contributed by atoms with Crippen molar-refractivity contribution in [3.63, 3.8) is 0 Å². The van der Waals surface area contributed by atoms with Crippen LogP contribution >= 0.6 is 0 Å². The number of carbonyl (C=O) groups excluding carboxylic acids is 1. The molecule has 1 aliphatic carbocycles. The van der Waals surface area contributed by atoms with Gasteiger partial charge in [0.25, 0.3) is 0 Å². The fourth-order valence-electron chi connectivity index (χ4n) is 1.84. The molecule has 0 amide bonds. The van der Waals surface area contributed by atoms with Crippen LogP contribution in [0, 0.1) is 5.92 Å². The normalized spacial score (nSPS) is 22.6. The largest absolute Gasteiger partial charge is 0.464 e. The zero-order chi connectivity index (χ0) is 14.0. The highest BCUT2D eigenvalue weighted by Crippen LogP contribution is 2.36. The lowest BCUT2D eigenvalue weighted by atomic mass is 9.87. The SMILES string of the molecule is CC(C)(O)[C@H](N)C(=O)OCC1CCC(F)(F)CC1. The van der Waals surface area contributed by atoms with Crippen molar-refractivity contribution >= 4 is 5.97 Å². The van der Waals surface area contributed by atoms with Gasteiger partial charge in [0, 0.05) is 12.8 Å². The van der Waals surface area contributed by atoms with Crippen molar-refractivity contribution in [1.82, 2.24) is 0 Å². The number of esters is 1. The average molecular weight is 265 g/mol. The van der Waals surface area contributed by atoms with Crippen LogP contribution in [-0.4, -0.2) is 35.2 Å². The van der Waals surface area contributed by atoms with Gasteiger partial charge in [0.2, 0.25) is 5.92 Å². The summed E-state index contributed by atoms with van der Waals surface area (Å²) in [6, 6.07) is -1.12. The first-order valence-electron chi connectivity index (χ1n) is 6.14. The first-order chi connectivity index (χ1) is 8.12. The highest BCUT2D eigenvalue weighted by molar-refractivity contribution is 5.76. The summed E-state index contributed by atoms with van der Waals surface area (Å²) in [5, 5.41) is 9.54. The molecule has 1 fully saturated rings. The van der Waals surface area contributed by atoms with Crippen LogP contribution in [0.1, 0.15) is 39.5 Å². The summed E-state index contributed by atoms with van der Waals surface area (Å²) < 4.78 is 30.8. The molecule has 0 heterocycles. The molecule has 18 heavy (non-hydrogen) atoms. The highest BCUT2D eigenvalue weighted by Gasteiger charge is 2.36.